The van der Waals surface area contributed by atoms with Crippen molar-refractivity contribution in [2.45, 2.75) is 50.1 Å². The smallest absolute Gasteiger partial charge is 0.243 e. The molecule has 1 unspecified atom stereocenters. The third-order valence-electron chi connectivity index (χ3n) is 4.03. The highest BCUT2D eigenvalue weighted by molar-refractivity contribution is 7.89. The van der Waals surface area contributed by atoms with E-state index < -0.39 is 10.0 Å². The molecule has 2 aliphatic rings. The highest BCUT2D eigenvalue weighted by Crippen LogP contribution is 2.27. The van der Waals surface area contributed by atoms with Gasteiger partial charge in [0.15, 0.2) is 0 Å². The van der Waals surface area contributed by atoms with E-state index in [0.717, 1.165) is 24.3 Å². The maximum absolute atomic E-state index is 12.6. The Balaban J connectivity index is 1.69. The Kier molecular flexibility index (Phi) is 4.17. The molecule has 112 valence electrons. The molecule has 6 heteroatoms. The van der Waals surface area contributed by atoms with Gasteiger partial charge in [0.1, 0.15) is 0 Å². The zero-order valence-corrected chi connectivity index (χ0v) is 13.5. The van der Waals surface area contributed by atoms with Crippen LogP contribution in [-0.2, 0) is 16.6 Å². The molecule has 4 nitrogen and oxygen atoms in total. The molecule has 1 aromatic heterocycles. The van der Waals surface area contributed by atoms with Gasteiger partial charge in [0.05, 0.1) is 4.90 Å². The van der Waals surface area contributed by atoms with Gasteiger partial charge in [0.25, 0.3) is 0 Å². The average Bonchev–Trinajstić information content (AvgIpc) is 3.12. The van der Waals surface area contributed by atoms with Gasteiger partial charge in [-0.1, -0.05) is 6.92 Å². The fourth-order valence-corrected chi connectivity index (χ4v) is 5.45. The third kappa shape index (κ3) is 3.24. The van der Waals surface area contributed by atoms with Crippen molar-refractivity contribution in [1.29, 1.82) is 0 Å². The SMILES string of the molecule is CC1CCCN(S(=O)(=O)c2csc(CNC3CC3)c2)C1. The quantitative estimate of drug-likeness (QED) is 0.908. The summed E-state index contributed by atoms with van der Waals surface area (Å²) in [5, 5.41) is 5.22. The molecule has 1 N–H and O–H groups in total. The second kappa shape index (κ2) is 5.75. The van der Waals surface area contributed by atoms with E-state index in [1.54, 1.807) is 21.0 Å². The van der Waals surface area contributed by atoms with E-state index >= 15 is 0 Å². The van der Waals surface area contributed by atoms with Crippen molar-refractivity contribution in [2.75, 3.05) is 13.1 Å². The van der Waals surface area contributed by atoms with Crippen LogP contribution < -0.4 is 5.32 Å². The van der Waals surface area contributed by atoms with Gasteiger partial charge >= 0.3 is 0 Å². The van der Waals surface area contributed by atoms with Gasteiger partial charge in [-0.05, 0) is 37.7 Å². The van der Waals surface area contributed by atoms with Crippen LogP contribution in [0.4, 0.5) is 0 Å². The number of thiophene rings is 1. The predicted octanol–water partition coefficient (Wildman–Crippen LogP) is 2.42. The molecule has 1 aliphatic heterocycles. The number of sulfonamides is 1. The summed E-state index contributed by atoms with van der Waals surface area (Å²) < 4.78 is 26.9. The first-order valence-corrected chi connectivity index (χ1v) is 9.68. The first-order chi connectivity index (χ1) is 9.55. The number of hydrogen-bond donors (Lipinski definition) is 1. The summed E-state index contributed by atoms with van der Waals surface area (Å²) >= 11 is 1.54. The Hall–Kier alpha value is -0.430. The zero-order chi connectivity index (χ0) is 14.2. The van der Waals surface area contributed by atoms with Crippen molar-refractivity contribution in [3.05, 3.63) is 16.3 Å². The lowest BCUT2D eigenvalue weighted by Crippen LogP contribution is -2.38. The van der Waals surface area contributed by atoms with Gasteiger partial charge < -0.3 is 5.32 Å². The van der Waals surface area contributed by atoms with Crippen LogP contribution in [0.1, 0.15) is 37.5 Å². The third-order valence-corrected chi connectivity index (χ3v) is 6.96. The summed E-state index contributed by atoms with van der Waals surface area (Å²) in [6.45, 7) is 4.24. The molecule has 0 radical (unpaired) electrons. The summed E-state index contributed by atoms with van der Waals surface area (Å²) in [5.74, 6) is 0.466. The second-order valence-corrected chi connectivity index (χ2v) is 8.95. The van der Waals surface area contributed by atoms with Gasteiger partial charge in [0.2, 0.25) is 10.0 Å². The van der Waals surface area contributed by atoms with Gasteiger partial charge in [-0.2, -0.15) is 4.31 Å². The molecule has 1 atom stereocenters. The predicted molar refractivity (Wildman–Crippen MR) is 81.3 cm³/mol. The fraction of sp³-hybridized carbons (Fsp3) is 0.714. The molecular formula is C14H22N2O2S2. The standard InChI is InChI=1S/C14H22N2O2S2/c1-11-3-2-6-16(9-11)20(17,18)14-7-13(19-10-14)8-15-12-4-5-12/h7,10-12,15H,2-6,8-9H2,1H3. The number of piperidine rings is 1. The minimum Gasteiger partial charge on any atom is -0.309 e. The van der Waals surface area contributed by atoms with Crippen LogP contribution in [0.3, 0.4) is 0 Å². The molecule has 1 aromatic rings. The Morgan fingerprint density at radius 3 is 2.90 bits per heavy atom. The van der Waals surface area contributed by atoms with E-state index in [4.69, 9.17) is 0 Å². The number of nitrogens with one attached hydrogen (secondary N) is 1. The molecule has 0 spiro atoms. The van der Waals surface area contributed by atoms with Crippen molar-refractivity contribution in [3.8, 4) is 0 Å². The number of hydrogen-bond acceptors (Lipinski definition) is 4. The van der Waals surface area contributed by atoms with Crippen molar-refractivity contribution in [1.82, 2.24) is 9.62 Å². The van der Waals surface area contributed by atoms with Crippen molar-refractivity contribution in [3.63, 3.8) is 0 Å². The molecule has 1 aliphatic carbocycles. The lowest BCUT2D eigenvalue weighted by molar-refractivity contribution is 0.281. The largest absolute Gasteiger partial charge is 0.309 e. The van der Waals surface area contributed by atoms with E-state index in [9.17, 15) is 8.42 Å². The fourth-order valence-electron chi connectivity index (χ4n) is 2.63. The molecule has 0 aromatic carbocycles. The maximum Gasteiger partial charge on any atom is 0.243 e. The number of rotatable bonds is 5. The van der Waals surface area contributed by atoms with E-state index in [-0.39, 0.29) is 0 Å². The Labute approximate surface area is 125 Å². The number of nitrogens with zero attached hydrogens (tertiary/aromatic N) is 1. The molecule has 3 rings (SSSR count). The highest BCUT2D eigenvalue weighted by atomic mass is 32.2. The Bertz CT molecular complexity index is 563. The minimum absolute atomic E-state index is 0.466. The monoisotopic (exact) mass is 314 g/mol. The van der Waals surface area contributed by atoms with Crippen LogP contribution in [0.25, 0.3) is 0 Å². The molecule has 1 saturated heterocycles. The molecule has 1 saturated carbocycles. The average molecular weight is 314 g/mol. The molecule has 0 amide bonds. The van der Waals surface area contributed by atoms with Crippen LogP contribution >= 0.6 is 11.3 Å². The zero-order valence-electron chi connectivity index (χ0n) is 11.8. The highest BCUT2D eigenvalue weighted by Gasteiger charge is 2.29. The molecule has 2 heterocycles. The van der Waals surface area contributed by atoms with Crippen molar-refractivity contribution < 1.29 is 8.42 Å². The summed E-state index contributed by atoms with van der Waals surface area (Å²) in [5.41, 5.74) is 0. The Morgan fingerprint density at radius 1 is 1.40 bits per heavy atom. The van der Waals surface area contributed by atoms with Crippen molar-refractivity contribution >= 4 is 21.4 Å². The van der Waals surface area contributed by atoms with E-state index in [1.807, 2.05) is 6.07 Å². The van der Waals surface area contributed by atoms with Gasteiger partial charge in [-0.15, -0.1) is 11.3 Å². The molecule has 20 heavy (non-hydrogen) atoms. The lowest BCUT2D eigenvalue weighted by Gasteiger charge is -2.29. The van der Waals surface area contributed by atoms with Gasteiger partial charge in [-0.3, -0.25) is 0 Å². The summed E-state index contributed by atoms with van der Waals surface area (Å²) in [6.07, 6.45) is 4.61. The topological polar surface area (TPSA) is 49.4 Å². The van der Waals surface area contributed by atoms with E-state index in [2.05, 4.69) is 12.2 Å². The first kappa shape index (κ1) is 14.5. The van der Waals surface area contributed by atoms with Crippen LogP contribution in [0.2, 0.25) is 0 Å². The normalized spacial score (nSPS) is 24.9. The second-order valence-electron chi connectivity index (χ2n) is 6.01. The molecule has 0 bridgehead atoms. The Morgan fingerprint density at radius 2 is 2.20 bits per heavy atom. The lowest BCUT2D eigenvalue weighted by atomic mass is 10.0. The van der Waals surface area contributed by atoms with Crippen LogP contribution in [0, 0.1) is 5.92 Å². The van der Waals surface area contributed by atoms with Crippen molar-refractivity contribution in [2.24, 2.45) is 5.92 Å². The van der Waals surface area contributed by atoms with E-state index in [1.165, 1.54) is 12.8 Å². The van der Waals surface area contributed by atoms with Crippen LogP contribution in [-0.4, -0.2) is 31.9 Å². The minimum atomic E-state index is -3.28. The van der Waals surface area contributed by atoms with E-state index in [0.29, 0.717) is 29.9 Å². The summed E-state index contributed by atoms with van der Waals surface area (Å²) in [6, 6.07) is 2.49. The van der Waals surface area contributed by atoms with Crippen LogP contribution in [0.5, 0.6) is 0 Å². The molecular weight excluding hydrogens is 292 g/mol. The van der Waals surface area contributed by atoms with Gasteiger partial charge in [-0.25, -0.2) is 8.42 Å². The first-order valence-electron chi connectivity index (χ1n) is 7.36. The van der Waals surface area contributed by atoms with Crippen LogP contribution in [0.15, 0.2) is 16.3 Å². The molecule has 2 fully saturated rings. The maximum atomic E-state index is 12.6. The van der Waals surface area contributed by atoms with Gasteiger partial charge in [0, 0.05) is 35.9 Å². The summed E-state index contributed by atoms with van der Waals surface area (Å²) in [7, 11) is -3.28. The summed E-state index contributed by atoms with van der Waals surface area (Å²) in [4.78, 5) is 1.59.